The van der Waals surface area contributed by atoms with Gasteiger partial charge < -0.3 is 14.8 Å². The summed E-state index contributed by atoms with van der Waals surface area (Å²) in [5.41, 5.74) is 2.73. The quantitative estimate of drug-likeness (QED) is 0.608. The molecule has 1 unspecified atom stereocenters. The molecule has 18 heavy (non-hydrogen) atoms. The Balaban J connectivity index is 1.74. The molecule has 3 nitrogen and oxygen atoms in total. The number of hydrogen-bond donors (Lipinski definition) is 1. The number of alkyl halides is 1. The Kier molecular flexibility index (Phi) is 5.94. The summed E-state index contributed by atoms with van der Waals surface area (Å²) in [5.74, 6) is 0.555. The molecule has 0 saturated heterocycles. The maximum atomic E-state index is 5.81. The first-order valence-electron chi connectivity index (χ1n) is 6.45. The van der Waals surface area contributed by atoms with Crippen LogP contribution >= 0.6 is 11.6 Å². The van der Waals surface area contributed by atoms with Gasteiger partial charge in [0.1, 0.15) is 0 Å². The largest absolute Gasteiger partial charge is 0.379 e. The standard InChI is InChI=1S/C14H20ClNO2/c15-6-9-17-10-7-16-11-14-13-4-2-1-3-12(13)5-8-18-14/h1-4,14,16H,5-11H2. The van der Waals surface area contributed by atoms with E-state index in [1.807, 2.05) is 0 Å². The van der Waals surface area contributed by atoms with Gasteiger partial charge in [0.15, 0.2) is 0 Å². The number of fused-ring (bicyclic) bond motifs is 1. The van der Waals surface area contributed by atoms with Crippen LogP contribution in [0.3, 0.4) is 0 Å². The second-order valence-electron chi connectivity index (χ2n) is 4.31. The maximum Gasteiger partial charge on any atom is 0.0952 e. The summed E-state index contributed by atoms with van der Waals surface area (Å²) >= 11 is 5.53. The minimum atomic E-state index is 0.169. The molecule has 0 saturated carbocycles. The zero-order chi connectivity index (χ0) is 12.6. The van der Waals surface area contributed by atoms with E-state index in [0.717, 1.165) is 26.1 Å². The molecule has 0 amide bonds. The Morgan fingerprint density at radius 2 is 2.22 bits per heavy atom. The molecule has 0 fully saturated rings. The molecule has 2 rings (SSSR count). The SMILES string of the molecule is ClCCOCCNCC1OCCc2ccccc21. The fraction of sp³-hybridized carbons (Fsp3) is 0.571. The van der Waals surface area contributed by atoms with Crippen molar-refractivity contribution in [3.05, 3.63) is 35.4 Å². The topological polar surface area (TPSA) is 30.5 Å². The Morgan fingerprint density at radius 3 is 3.11 bits per heavy atom. The van der Waals surface area contributed by atoms with Gasteiger partial charge in [-0.2, -0.15) is 0 Å². The maximum absolute atomic E-state index is 5.81. The Bertz CT molecular complexity index is 359. The molecule has 1 aliphatic heterocycles. The third kappa shape index (κ3) is 3.95. The molecule has 1 N–H and O–H groups in total. The fourth-order valence-electron chi connectivity index (χ4n) is 2.18. The zero-order valence-electron chi connectivity index (χ0n) is 10.5. The van der Waals surface area contributed by atoms with Gasteiger partial charge in [0.05, 0.1) is 25.9 Å². The molecule has 1 atom stereocenters. The molecule has 1 aliphatic rings. The van der Waals surface area contributed by atoms with Crippen molar-refractivity contribution in [3.63, 3.8) is 0 Å². The van der Waals surface area contributed by atoms with Crippen molar-refractivity contribution in [2.45, 2.75) is 12.5 Å². The van der Waals surface area contributed by atoms with E-state index in [1.165, 1.54) is 11.1 Å². The van der Waals surface area contributed by atoms with Crippen LogP contribution < -0.4 is 5.32 Å². The van der Waals surface area contributed by atoms with Crippen molar-refractivity contribution >= 4 is 11.6 Å². The van der Waals surface area contributed by atoms with E-state index in [4.69, 9.17) is 21.1 Å². The van der Waals surface area contributed by atoms with Gasteiger partial charge in [-0.3, -0.25) is 0 Å². The van der Waals surface area contributed by atoms with E-state index in [0.29, 0.717) is 19.1 Å². The van der Waals surface area contributed by atoms with Crippen LogP contribution in [0.5, 0.6) is 0 Å². The van der Waals surface area contributed by atoms with Crippen molar-refractivity contribution in [2.75, 3.05) is 38.8 Å². The normalized spacial score (nSPS) is 18.6. The van der Waals surface area contributed by atoms with Crippen LogP contribution in [0, 0.1) is 0 Å². The predicted octanol–water partition coefficient (Wildman–Crippen LogP) is 2.15. The van der Waals surface area contributed by atoms with Crippen LogP contribution in [-0.2, 0) is 15.9 Å². The molecule has 0 bridgehead atoms. The summed E-state index contributed by atoms with van der Waals surface area (Å²) in [4.78, 5) is 0. The first kappa shape index (κ1) is 13.8. The Hall–Kier alpha value is -0.610. The van der Waals surface area contributed by atoms with Gasteiger partial charge in [0.2, 0.25) is 0 Å². The van der Waals surface area contributed by atoms with Gasteiger partial charge in [-0.25, -0.2) is 0 Å². The molecule has 0 aromatic heterocycles. The number of rotatable bonds is 7. The number of halogens is 1. The van der Waals surface area contributed by atoms with Crippen LogP contribution in [0.2, 0.25) is 0 Å². The van der Waals surface area contributed by atoms with E-state index in [-0.39, 0.29) is 6.10 Å². The summed E-state index contributed by atoms with van der Waals surface area (Å²) < 4.78 is 11.1. The number of benzene rings is 1. The van der Waals surface area contributed by atoms with Crippen molar-refractivity contribution in [2.24, 2.45) is 0 Å². The van der Waals surface area contributed by atoms with E-state index >= 15 is 0 Å². The second kappa shape index (κ2) is 7.74. The van der Waals surface area contributed by atoms with Crippen LogP contribution in [0.4, 0.5) is 0 Å². The summed E-state index contributed by atoms with van der Waals surface area (Å²) in [5, 5.41) is 3.36. The molecular formula is C14H20ClNO2. The molecule has 100 valence electrons. The highest BCUT2D eigenvalue weighted by molar-refractivity contribution is 6.17. The second-order valence-corrected chi connectivity index (χ2v) is 4.69. The molecular weight excluding hydrogens is 250 g/mol. The number of hydrogen-bond acceptors (Lipinski definition) is 3. The molecule has 1 aromatic rings. The van der Waals surface area contributed by atoms with E-state index < -0.39 is 0 Å². The lowest BCUT2D eigenvalue weighted by Gasteiger charge is -2.26. The average Bonchev–Trinajstić information content (AvgIpc) is 2.43. The van der Waals surface area contributed by atoms with Crippen LogP contribution in [0.15, 0.2) is 24.3 Å². The summed E-state index contributed by atoms with van der Waals surface area (Å²) in [6.45, 7) is 3.79. The summed E-state index contributed by atoms with van der Waals surface area (Å²) in [7, 11) is 0. The Labute approximate surface area is 113 Å². The lowest BCUT2D eigenvalue weighted by molar-refractivity contribution is 0.0409. The van der Waals surface area contributed by atoms with Gasteiger partial charge in [-0.05, 0) is 17.5 Å². The van der Waals surface area contributed by atoms with E-state index in [9.17, 15) is 0 Å². The van der Waals surface area contributed by atoms with Gasteiger partial charge in [0.25, 0.3) is 0 Å². The summed E-state index contributed by atoms with van der Waals surface area (Å²) in [6.07, 6.45) is 1.19. The van der Waals surface area contributed by atoms with Gasteiger partial charge in [-0.1, -0.05) is 24.3 Å². The minimum Gasteiger partial charge on any atom is -0.379 e. The van der Waals surface area contributed by atoms with Crippen LogP contribution in [0.25, 0.3) is 0 Å². The van der Waals surface area contributed by atoms with Crippen LogP contribution in [-0.4, -0.2) is 38.8 Å². The molecule has 4 heteroatoms. The fourth-order valence-corrected chi connectivity index (χ4v) is 2.29. The zero-order valence-corrected chi connectivity index (χ0v) is 11.3. The smallest absolute Gasteiger partial charge is 0.0952 e. The molecule has 1 aromatic carbocycles. The minimum absolute atomic E-state index is 0.169. The van der Waals surface area contributed by atoms with E-state index in [2.05, 4.69) is 29.6 Å². The van der Waals surface area contributed by atoms with Crippen molar-refractivity contribution in [1.29, 1.82) is 0 Å². The summed E-state index contributed by atoms with van der Waals surface area (Å²) in [6, 6.07) is 8.51. The average molecular weight is 270 g/mol. The third-order valence-corrected chi connectivity index (χ3v) is 3.22. The number of nitrogens with one attached hydrogen (secondary N) is 1. The van der Waals surface area contributed by atoms with Gasteiger partial charge >= 0.3 is 0 Å². The molecule has 0 radical (unpaired) electrons. The molecule has 0 spiro atoms. The monoisotopic (exact) mass is 269 g/mol. The van der Waals surface area contributed by atoms with Crippen molar-refractivity contribution < 1.29 is 9.47 Å². The Morgan fingerprint density at radius 1 is 1.33 bits per heavy atom. The third-order valence-electron chi connectivity index (χ3n) is 3.07. The van der Waals surface area contributed by atoms with Gasteiger partial charge in [-0.15, -0.1) is 11.6 Å². The number of ether oxygens (including phenoxy) is 2. The van der Waals surface area contributed by atoms with Crippen molar-refractivity contribution in [3.8, 4) is 0 Å². The van der Waals surface area contributed by atoms with Crippen molar-refractivity contribution in [1.82, 2.24) is 5.32 Å². The first-order chi connectivity index (χ1) is 8.92. The predicted molar refractivity (Wildman–Crippen MR) is 73.2 cm³/mol. The lowest BCUT2D eigenvalue weighted by Crippen LogP contribution is -2.29. The molecule has 1 heterocycles. The lowest BCUT2D eigenvalue weighted by atomic mass is 9.97. The highest BCUT2D eigenvalue weighted by atomic mass is 35.5. The highest BCUT2D eigenvalue weighted by Gasteiger charge is 2.19. The highest BCUT2D eigenvalue weighted by Crippen LogP contribution is 2.25. The van der Waals surface area contributed by atoms with Crippen LogP contribution in [0.1, 0.15) is 17.2 Å². The molecule has 0 aliphatic carbocycles. The van der Waals surface area contributed by atoms with Gasteiger partial charge in [0, 0.05) is 19.0 Å². The van der Waals surface area contributed by atoms with E-state index in [1.54, 1.807) is 0 Å². The first-order valence-corrected chi connectivity index (χ1v) is 6.99.